The van der Waals surface area contributed by atoms with Crippen LogP contribution < -0.4 is 0 Å². The van der Waals surface area contributed by atoms with E-state index >= 15 is 0 Å². The molecule has 0 aromatic heterocycles. The molecule has 0 heteroatoms. The maximum Gasteiger partial charge on any atom is -0.0171 e. The van der Waals surface area contributed by atoms with Gasteiger partial charge >= 0.3 is 0 Å². The summed E-state index contributed by atoms with van der Waals surface area (Å²) in [5, 5.41) is 0. The molecule has 2 rings (SSSR count). The van der Waals surface area contributed by atoms with E-state index < -0.39 is 0 Å². The highest BCUT2D eigenvalue weighted by atomic mass is 14.5. The number of rotatable bonds is 10. The minimum absolute atomic E-state index is 0.723. The Morgan fingerprint density at radius 2 is 1.47 bits per heavy atom. The molecular formula is C19H34. The average Bonchev–Trinajstić information content (AvgIpc) is 3.01. The Balaban J connectivity index is 1.81. The van der Waals surface area contributed by atoms with Gasteiger partial charge in [0.25, 0.3) is 0 Å². The Bertz CT molecular complexity index is 264. The lowest BCUT2D eigenvalue weighted by molar-refractivity contribution is 0.175. The zero-order valence-electron chi connectivity index (χ0n) is 13.3. The molecule has 1 saturated carbocycles. The fourth-order valence-corrected chi connectivity index (χ4v) is 4.56. The van der Waals surface area contributed by atoms with Gasteiger partial charge in [0, 0.05) is 0 Å². The molecule has 2 aliphatic carbocycles. The van der Waals surface area contributed by atoms with Crippen molar-refractivity contribution in [2.75, 3.05) is 0 Å². The van der Waals surface area contributed by atoms with Crippen molar-refractivity contribution in [3.05, 3.63) is 12.2 Å². The lowest BCUT2D eigenvalue weighted by atomic mass is 9.69. The van der Waals surface area contributed by atoms with Crippen LogP contribution in [0.4, 0.5) is 0 Å². The molecule has 0 spiro atoms. The number of unbranched alkanes of at least 4 members (excludes halogenated alkanes) is 6. The molecule has 0 amide bonds. The average molecular weight is 262 g/mol. The van der Waals surface area contributed by atoms with Crippen LogP contribution in [0.1, 0.15) is 90.9 Å². The quantitative estimate of drug-likeness (QED) is 0.311. The maximum absolute atomic E-state index is 2.58. The fourth-order valence-electron chi connectivity index (χ4n) is 4.56. The molecule has 2 bridgehead atoms. The minimum atomic E-state index is 0.723. The third-order valence-corrected chi connectivity index (χ3v) is 5.68. The fraction of sp³-hybridized carbons (Fsp3) is 0.895. The van der Waals surface area contributed by atoms with Crippen LogP contribution >= 0.6 is 0 Å². The van der Waals surface area contributed by atoms with Crippen molar-refractivity contribution in [3.8, 4) is 0 Å². The number of allylic oxidation sites excluding steroid dienone is 2. The monoisotopic (exact) mass is 262 g/mol. The Kier molecular flexibility index (Phi) is 5.98. The molecule has 0 radical (unpaired) electrons. The molecular weight excluding hydrogens is 228 g/mol. The number of hydrogen-bond acceptors (Lipinski definition) is 0. The van der Waals surface area contributed by atoms with Gasteiger partial charge in [-0.1, -0.05) is 77.4 Å². The van der Waals surface area contributed by atoms with Crippen molar-refractivity contribution in [2.24, 2.45) is 17.3 Å². The van der Waals surface area contributed by atoms with Gasteiger partial charge in [-0.2, -0.15) is 0 Å². The van der Waals surface area contributed by atoms with E-state index in [4.69, 9.17) is 0 Å². The van der Waals surface area contributed by atoms with Crippen LogP contribution in [0.25, 0.3) is 0 Å². The summed E-state index contributed by atoms with van der Waals surface area (Å²) >= 11 is 0. The lowest BCUT2D eigenvalue weighted by Gasteiger charge is -2.36. The van der Waals surface area contributed by atoms with E-state index in [0.717, 1.165) is 17.3 Å². The summed E-state index contributed by atoms with van der Waals surface area (Å²) in [6.07, 6.45) is 22.7. The van der Waals surface area contributed by atoms with Gasteiger partial charge in [0.15, 0.2) is 0 Å². The summed E-state index contributed by atoms with van der Waals surface area (Å²) in [4.78, 5) is 0. The largest absolute Gasteiger partial charge is 0.0851 e. The van der Waals surface area contributed by atoms with Gasteiger partial charge in [0.2, 0.25) is 0 Å². The van der Waals surface area contributed by atoms with Gasteiger partial charge in [-0.15, -0.1) is 0 Å². The molecule has 19 heavy (non-hydrogen) atoms. The minimum Gasteiger partial charge on any atom is -0.0851 e. The maximum atomic E-state index is 2.58. The molecule has 0 heterocycles. The molecule has 0 nitrogen and oxygen atoms in total. The lowest BCUT2D eigenvalue weighted by Crippen LogP contribution is -2.26. The molecule has 0 aliphatic heterocycles. The van der Waals surface area contributed by atoms with Crippen molar-refractivity contribution >= 4 is 0 Å². The summed E-state index contributed by atoms with van der Waals surface area (Å²) < 4.78 is 0. The van der Waals surface area contributed by atoms with E-state index in [-0.39, 0.29) is 0 Å². The summed E-state index contributed by atoms with van der Waals surface area (Å²) in [5.74, 6) is 1.89. The van der Waals surface area contributed by atoms with Crippen molar-refractivity contribution in [2.45, 2.75) is 90.9 Å². The third-order valence-electron chi connectivity index (χ3n) is 5.68. The second kappa shape index (κ2) is 7.50. The van der Waals surface area contributed by atoms with Crippen LogP contribution in [0.3, 0.4) is 0 Å². The second-order valence-corrected chi connectivity index (χ2v) is 7.17. The first kappa shape index (κ1) is 15.1. The standard InChI is InChI=1S/C19H34/c1-3-5-7-9-13-19(14-10-8-6-4-2)16-17-11-12-18(19)15-17/h11-12,17-18H,3-10,13-16H2,1-2H3. The van der Waals surface area contributed by atoms with Crippen LogP contribution in [0, 0.1) is 17.3 Å². The molecule has 2 unspecified atom stereocenters. The first-order chi connectivity index (χ1) is 9.30. The molecule has 2 atom stereocenters. The van der Waals surface area contributed by atoms with Gasteiger partial charge < -0.3 is 0 Å². The topological polar surface area (TPSA) is 0 Å². The predicted octanol–water partition coefficient (Wildman–Crippen LogP) is 6.51. The van der Waals surface area contributed by atoms with Crippen molar-refractivity contribution in [3.63, 3.8) is 0 Å². The van der Waals surface area contributed by atoms with Crippen LogP contribution in [0.2, 0.25) is 0 Å². The Labute approximate surface area is 121 Å². The van der Waals surface area contributed by atoms with Crippen LogP contribution in [-0.2, 0) is 0 Å². The van der Waals surface area contributed by atoms with E-state index in [1.54, 1.807) is 0 Å². The normalized spacial score (nSPS) is 27.3. The van der Waals surface area contributed by atoms with E-state index in [9.17, 15) is 0 Å². The SMILES string of the molecule is CCCCCCC1(CCCCCC)CC2C=CC1C2. The zero-order valence-corrected chi connectivity index (χ0v) is 13.3. The smallest absolute Gasteiger partial charge is 0.0171 e. The van der Waals surface area contributed by atoms with E-state index in [0.29, 0.717) is 0 Å². The molecule has 0 saturated heterocycles. The molecule has 1 fully saturated rings. The van der Waals surface area contributed by atoms with Gasteiger partial charge in [-0.25, -0.2) is 0 Å². The van der Waals surface area contributed by atoms with Crippen molar-refractivity contribution in [1.82, 2.24) is 0 Å². The first-order valence-electron chi connectivity index (χ1n) is 8.99. The van der Waals surface area contributed by atoms with E-state index in [1.807, 2.05) is 0 Å². The first-order valence-corrected chi connectivity index (χ1v) is 8.99. The van der Waals surface area contributed by atoms with Crippen LogP contribution in [0.15, 0.2) is 12.2 Å². The Morgan fingerprint density at radius 1 is 0.842 bits per heavy atom. The highest BCUT2D eigenvalue weighted by Crippen LogP contribution is 2.57. The molecule has 2 aliphatic rings. The molecule has 0 aromatic rings. The van der Waals surface area contributed by atoms with E-state index in [2.05, 4.69) is 26.0 Å². The molecule has 0 N–H and O–H groups in total. The van der Waals surface area contributed by atoms with Gasteiger partial charge in [-0.3, -0.25) is 0 Å². The summed E-state index contributed by atoms with van der Waals surface area (Å²) in [7, 11) is 0. The summed E-state index contributed by atoms with van der Waals surface area (Å²) in [6, 6.07) is 0. The van der Waals surface area contributed by atoms with E-state index in [1.165, 1.54) is 77.0 Å². The molecule has 0 aromatic carbocycles. The predicted molar refractivity (Wildman–Crippen MR) is 85.3 cm³/mol. The number of fused-ring (bicyclic) bond motifs is 2. The van der Waals surface area contributed by atoms with Crippen LogP contribution in [-0.4, -0.2) is 0 Å². The van der Waals surface area contributed by atoms with Gasteiger partial charge in [-0.05, 0) is 42.9 Å². The highest BCUT2D eigenvalue weighted by molar-refractivity contribution is 5.15. The molecule has 110 valence electrons. The Hall–Kier alpha value is -0.260. The van der Waals surface area contributed by atoms with Crippen molar-refractivity contribution < 1.29 is 0 Å². The van der Waals surface area contributed by atoms with Gasteiger partial charge in [0.05, 0.1) is 0 Å². The summed E-state index contributed by atoms with van der Waals surface area (Å²) in [5.41, 5.74) is 0.723. The summed E-state index contributed by atoms with van der Waals surface area (Å²) in [6.45, 7) is 4.64. The van der Waals surface area contributed by atoms with Crippen LogP contribution in [0.5, 0.6) is 0 Å². The second-order valence-electron chi connectivity index (χ2n) is 7.17. The Morgan fingerprint density at radius 3 is 1.89 bits per heavy atom. The van der Waals surface area contributed by atoms with Gasteiger partial charge in [0.1, 0.15) is 0 Å². The highest BCUT2D eigenvalue weighted by Gasteiger charge is 2.46. The zero-order chi connectivity index (χ0) is 13.6. The number of hydrogen-bond donors (Lipinski definition) is 0. The third kappa shape index (κ3) is 3.86. The van der Waals surface area contributed by atoms with Crippen molar-refractivity contribution in [1.29, 1.82) is 0 Å².